The molecule has 0 unspecified atom stereocenters. The number of alkyl halides is 3. The molecule has 3 aromatic carbocycles. The van der Waals surface area contributed by atoms with Crippen LogP contribution in [0.3, 0.4) is 0 Å². The Morgan fingerprint density at radius 2 is 1.69 bits per heavy atom. The zero-order chi connectivity index (χ0) is 34.4. The molecule has 4 atom stereocenters. The van der Waals surface area contributed by atoms with Gasteiger partial charge in [-0.05, 0) is 58.9 Å². The molecule has 2 N–H and O–H groups in total. The second-order valence-electron chi connectivity index (χ2n) is 12.0. The van der Waals surface area contributed by atoms with Gasteiger partial charge >= 0.3 is 12.1 Å². The maximum Gasteiger partial charge on any atom is 0.471 e. The van der Waals surface area contributed by atoms with Gasteiger partial charge in [-0.25, -0.2) is 4.98 Å². The van der Waals surface area contributed by atoms with Gasteiger partial charge in [0.1, 0.15) is 6.04 Å². The third-order valence-electron chi connectivity index (χ3n) is 8.64. The highest BCUT2D eigenvalue weighted by molar-refractivity contribution is 7.99. The summed E-state index contributed by atoms with van der Waals surface area (Å²) in [6, 6.07) is 27.8. The number of halogens is 3. The Labute approximate surface area is 286 Å². The minimum Gasteiger partial charge on any atom is -0.392 e. The van der Waals surface area contributed by atoms with Gasteiger partial charge < -0.3 is 24.8 Å². The second kappa shape index (κ2) is 15.5. The first-order valence-corrected chi connectivity index (χ1v) is 17.1. The number of nitrogens with zero attached hydrogens (tertiary/aromatic N) is 2. The minimum absolute atomic E-state index is 0.0303. The quantitative estimate of drug-likeness (QED) is 0.178. The molecule has 0 bridgehead atoms. The number of aromatic nitrogens is 1. The first-order valence-electron chi connectivity index (χ1n) is 16.1. The Morgan fingerprint density at radius 1 is 0.918 bits per heavy atom. The van der Waals surface area contributed by atoms with E-state index in [9.17, 15) is 27.9 Å². The average Bonchev–Trinajstić information content (AvgIpc) is 3.63. The molecule has 2 fully saturated rings. The van der Waals surface area contributed by atoms with Crippen LogP contribution >= 0.6 is 11.8 Å². The number of aliphatic hydroxyl groups excluding tert-OH is 1. The molecule has 12 heteroatoms. The van der Waals surface area contributed by atoms with E-state index < -0.39 is 30.3 Å². The van der Waals surface area contributed by atoms with Gasteiger partial charge in [0.05, 0.1) is 23.8 Å². The van der Waals surface area contributed by atoms with Crippen molar-refractivity contribution < 1.29 is 37.3 Å². The highest BCUT2D eigenvalue weighted by atomic mass is 32.2. The summed E-state index contributed by atoms with van der Waals surface area (Å²) in [7, 11) is 0. The number of benzene rings is 3. The molecule has 0 spiro atoms. The van der Waals surface area contributed by atoms with Crippen LogP contribution in [-0.2, 0) is 32.2 Å². The monoisotopic (exact) mass is 691 g/mol. The van der Waals surface area contributed by atoms with Crippen molar-refractivity contribution in [3.63, 3.8) is 0 Å². The molecule has 0 radical (unpaired) electrons. The van der Waals surface area contributed by atoms with Gasteiger partial charge in [-0.2, -0.15) is 13.2 Å². The van der Waals surface area contributed by atoms with Crippen LogP contribution in [0.2, 0.25) is 0 Å². The van der Waals surface area contributed by atoms with Crippen LogP contribution in [-0.4, -0.2) is 57.4 Å². The Kier molecular flexibility index (Phi) is 11.0. The van der Waals surface area contributed by atoms with Crippen molar-refractivity contribution in [3.8, 4) is 11.1 Å². The largest absolute Gasteiger partial charge is 0.471 e. The molecular formula is C37H36F3N3O5S. The first kappa shape index (κ1) is 34.6. The number of pyridine rings is 1. The second-order valence-corrected chi connectivity index (χ2v) is 13.1. The summed E-state index contributed by atoms with van der Waals surface area (Å²) < 4.78 is 51.9. The standard InChI is InChI=1S/C37H36F3N3O5S/c38-37(39,40)36(46)43-18-4-7-31(43)34(45)42-21-25-5-3-6-29(19-25)26-13-15-28(16-14-26)35-47-30(23-49-33-8-1-2-17-41-33)20-32(48-35)27-11-9-24(22-44)10-12-27/h1-3,5-6,8-17,19,30-32,35,44H,4,7,18,20-23H2,(H,42,45)/t30-,31-,32+,35+/m0/s1. The number of hydrogen-bond acceptors (Lipinski definition) is 7. The maximum atomic E-state index is 13.0. The first-order chi connectivity index (χ1) is 23.7. The lowest BCUT2D eigenvalue weighted by molar-refractivity contribution is -0.245. The lowest BCUT2D eigenvalue weighted by Gasteiger charge is -2.36. The SMILES string of the molecule is O=C(NCc1cccc(-c2ccc([C@@H]3O[C@H](CSc4ccccn4)C[C@H](c4ccc(CO)cc4)O3)cc2)c1)[C@@H]1CCCN1C(=O)C(F)(F)F. The van der Waals surface area contributed by atoms with Crippen LogP contribution in [0.1, 0.15) is 53.9 Å². The fourth-order valence-corrected chi connectivity index (χ4v) is 6.96. The van der Waals surface area contributed by atoms with E-state index in [2.05, 4.69) is 10.3 Å². The van der Waals surface area contributed by atoms with Crippen molar-refractivity contribution in [2.75, 3.05) is 12.3 Å². The Bertz CT molecular complexity index is 1720. The Balaban J connectivity index is 1.12. The van der Waals surface area contributed by atoms with E-state index in [4.69, 9.17) is 9.47 Å². The summed E-state index contributed by atoms with van der Waals surface area (Å²) in [5, 5.41) is 13.1. The van der Waals surface area contributed by atoms with Crippen LogP contribution in [0, 0.1) is 0 Å². The van der Waals surface area contributed by atoms with Gasteiger partial charge in [-0.15, -0.1) is 11.8 Å². The number of thioether (sulfide) groups is 1. The Hall–Kier alpha value is -4.23. The number of hydrogen-bond donors (Lipinski definition) is 2. The third-order valence-corrected chi connectivity index (χ3v) is 9.71. The van der Waals surface area contributed by atoms with Crippen molar-refractivity contribution in [2.45, 2.75) is 68.2 Å². The van der Waals surface area contributed by atoms with E-state index >= 15 is 0 Å². The average molecular weight is 692 g/mol. The fraction of sp³-hybridized carbons (Fsp3) is 0.324. The van der Waals surface area contributed by atoms with Gasteiger partial charge in [0.15, 0.2) is 6.29 Å². The van der Waals surface area contributed by atoms with E-state index in [1.54, 1.807) is 18.0 Å². The molecule has 2 amide bonds. The molecule has 1 aromatic heterocycles. The van der Waals surface area contributed by atoms with Gasteiger partial charge in [-0.1, -0.05) is 72.8 Å². The lowest BCUT2D eigenvalue weighted by atomic mass is 9.99. The van der Waals surface area contributed by atoms with Gasteiger partial charge in [-0.3, -0.25) is 9.59 Å². The molecule has 2 aliphatic rings. The summed E-state index contributed by atoms with van der Waals surface area (Å²) in [4.78, 5) is 29.6. The van der Waals surface area contributed by atoms with Crippen LogP contribution in [0.25, 0.3) is 11.1 Å². The smallest absolute Gasteiger partial charge is 0.392 e. The predicted molar refractivity (Wildman–Crippen MR) is 178 cm³/mol. The van der Waals surface area contributed by atoms with E-state index in [1.165, 1.54) is 0 Å². The number of likely N-dealkylation sites (tertiary alicyclic amines) is 1. The van der Waals surface area contributed by atoms with Crippen LogP contribution < -0.4 is 5.32 Å². The summed E-state index contributed by atoms with van der Waals surface area (Å²) >= 11 is 1.63. The molecule has 2 aliphatic heterocycles. The number of rotatable bonds is 10. The molecular weight excluding hydrogens is 655 g/mol. The highest BCUT2D eigenvalue weighted by Gasteiger charge is 2.47. The zero-order valence-electron chi connectivity index (χ0n) is 26.5. The molecule has 4 aromatic rings. The fourth-order valence-electron chi connectivity index (χ4n) is 6.08. The number of aliphatic hydroxyl groups is 1. The summed E-state index contributed by atoms with van der Waals surface area (Å²) in [5.41, 5.74) is 5.27. The minimum atomic E-state index is -5.02. The predicted octanol–water partition coefficient (Wildman–Crippen LogP) is 6.75. The Morgan fingerprint density at radius 3 is 2.41 bits per heavy atom. The lowest BCUT2D eigenvalue weighted by Crippen LogP contribution is -2.50. The zero-order valence-corrected chi connectivity index (χ0v) is 27.3. The van der Waals surface area contributed by atoms with Crippen LogP contribution in [0.5, 0.6) is 0 Å². The number of carbonyl (C=O) groups is 2. The number of carbonyl (C=O) groups excluding carboxylic acids is 2. The molecule has 0 aliphatic carbocycles. The van der Waals surface area contributed by atoms with E-state index in [0.29, 0.717) is 23.5 Å². The van der Waals surface area contributed by atoms with E-state index in [-0.39, 0.29) is 38.3 Å². The van der Waals surface area contributed by atoms with Crippen molar-refractivity contribution in [2.24, 2.45) is 0 Å². The molecule has 256 valence electrons. The number of ether oxygens (including phenoxy) is 2. The van der Waals surface area contributed by atoms with E-state index in [0.717, 1.165) is 38.4 Å². The van der Waals surface area contributed by atoms with E-state index in [1.807, 2.05) is 91.0 Å². The van der Waals surface area contributed by atoms with Crippen LogP contribution in [0.15, 0.2) is 102 Å². The van der Waals surface area contributed by atoms with Gasteiger partial charge in [0.2, 0.25) is 5.91 Å². The number of amides is 2. The van der Waals surface area contributed by atoms with Crippen molar-refractivity contribution in [3.05, 3.63) is 119 Å². The molecule has 3 heterocycles. The summed E-state index contributed by atoms with van der Waals surface area (Å²) in [6.07, 6.45) is -2.99. The van der Waals surface area contributed by atoms with Crippen LogP contribution in [0.4, 0.5) is 13.2 Å². The maximum absolute atomic E-state index is 13.0. The van der Waals surface area contributed by atoms with Crippen molar-refractivity contribution in [1.82, 2.24) is 15.2 Å². The topological polar surface area (TPSA) is 101 Å². The van der Waals surface area contributed by atoms with Gasteiger partial charge in [0.25, 0.3) is 0 Å². The molecule has 0 saturated carbocycles. The van der Waals surface area contributed by atoms with Gasteiger partial charge in [0, 0.05) is 37.0 Å². The third kappa shape index (κ3) is 8.69. The molecule has 2 saturated heterocycles. The summed E-state index contributed by atoms with van der Waals surface area (Å²) in [6.45, 7) is -0.0167. The molecule has 49 heavy (non-hydrogen) atoms. The summed E-state index contributed by atoms with van der Waals surface area (Å²) in [5.74, 6) is -1.89. The molecule has 6 rings (SSSR count). The highest BCUT2D eigenvalue weighted by Crippen LogP contribution is 2.40. The molecule has 8 nitrogen and oxygen atoms in total. The number of nitrogens with one attached hydrogen (secondary N) is 1. The normalized spacial score (nSPS) is 21.0. The van der Waals surface area contributed by atoms with Crippen molar-refractivity contribution >= 4 is 23.6 Å². The van der Waals surface area contributed by atoms with Crippen molar-refractivity contribution in [1.29, 1.82) is 0 Å².